The number of carbonyl (C=O) groups excluding carboxylic acids is 1. The van der Waals surface area contributed by atoms with Crippen molar-refractivity contribution in [1.29, 1.82) is 0 Å². The summed E-state index contributed by atoms with van der Waals surface area (Å²) in [5.41, 5.74) is 2.97. The van der Waals surface area contributed by atoms with E-state index in [1.54, 1.807) is 19.1 Å². The van der Waals surface area contributed by atoms with E-state index in [1.807, 2.05) is 0 Å². The van der Waals surface area contributed by atoms with Gasteiger partial charge in [0.05, 0.1) is 23.0 Å². The van der Waals surface area contributed by atoms with Crippen LogP contribution in [0.15, 0.2) is 29.4 Å². The summed E-state index contributed by atoms with van der Waals surface area (Å²) in [7, 11) is 1.47. The Kier molecular flexibility index (Phi) is 3.79. The van der Waals surface area contributed by atoms with E-state index >= 15 is 0 Å². The van der Waals surface area contributed by atoms with Crippen LogP contribution >= 0.6 is 0 Å². The molecule has 0 saturated heterocycles. The third kappa shape index (κ3) is 2.66. The van der Waals surface area contributed by atoms with Crippen LogP contribution in [0.5, 0.6) is 5.75 Å². The predicted octanol–water partition coefficient (Wildman–Crippen LogP) is 1.34. The van der Waals surface area contributed by atoms with Gasteiger partial charge in [-0.25, -0.2) is 10.1 Å². The fourth-order valence-corrected chi connectivity index (χ4v) is 1.67. The first-order valence-electron chi connectivity index (χ1n) is 5.81. The van der Waals surface area contributed by atoms with Gasteiger partial charge in [-0.2, -0.15) is 14.6 Å². The summed E-state index contributed by atoms with van der Waals surface area (Å²) in [4.78, 5) is 11.7. The van der Waals surface area contributed by atoms with Gasteiger partial charge in [-0.15, -0.1) is 0 Å². The van der Waals surface area contributed by atoms with Crippen molar-refractivity contribution >= 4 is 12.1 Å². The number of carbonyl (C=O) groups is 1. The Labute approximate surface area is 114 Å². The average Bonchev–Trinajstić information content (AvgIpc) is 2.65. The lowest BCUT2D eigenvalue weighted by molar-refractivity contribution is 0.0952. The number of aromatic nitrogens is 2. The van der Waals surface area contributed by atoms with E-state index in [-0.39, 0.29) is 16.9 Å². The van der Waals surface area contributed by atoms with E-state index in [9.17, 15) is 14.3 Å². The van der Waals surface area contributed by atoms with E-state index in [0.29, 0.717) is 5.69 Å². The Bertz CT molecular complexity index is 679. The first kappa shape index (κ1) is 13.7. The molecule has 0 aliphatic heterocycles. The van der Waals surface area contributed by atoms with Gasteiger partial charge in [0.15, 0.2) is 0 Å². The number of para-hydroxylation sites is 1. The lowest BCUT2D eigenvalue weighted by Gasteiger charge is -2.01. The molecule has 6 nitrogen and oxygen atoms in total. The van der Waals surface area contributed by atoms with Crippen molar-refractivity contribution in [1.82, 2.24) is 15.2 Å². The van der Waals surface area contributed by atoms with E-state index < -0.39 is 11.9 Å². The number of aryl methyl sites for hydroxylation is 2. The lowest BCUT2D eigenvalue weighted by atomic mass is 10.2. The van der Waals surface area contributed by atoms with E-state index in [1.165, 1.54) is 25.4 Å². The molecule has 2 rings (SSSR count). The predicted molar refractivity (Wildman–Crippen MR) is 71.1 cm³/mol. The molecule has 2 aromatic rings. The first-order valence-corrected chi connectivity index (χ1v) is 5.81. The number of halogens is 1. The molecule has 0 radical (unpaired) electrons. The van der Waals surface area contributed by atoms with Crippen LogP contribution in [0.25, 0.3) is 0 Å². The fraction of sp³-hybridized carbons (Fsp3) is 0.154. The second-order valence-corrected chi connectivity index (χ2v) is 4.13. The second-order valence-electron chi connectivity index (χ2n) is 4.13. The average molecular weight is 276 g/mol. The summed E-state index contributed by atoms with van der Waals surface area (Å²) in [6.07, 6.45) is 1.18. The molecule has 1 aromatic carbocycles. The normalized spacial score (nSPS) is 10.9. The third-order valence-electron chi connectivity index (χ3n) is 2.70. The quantitative estimate of drug-likeness (QED) is 0.655. The molecule has 0 fully saturated rings. The topological polar surface area (TPSA) is 79.5 Å². The number of rotatable bonds is 3. The second kappa shape index (κ2) is 5.52. The number of amides is 1. The molecule has 1 amide bonds. The number of phenols is 1. The molecule has 0 bridgehead atoms. The number of phenolic OH excluding ortho intramolecular Hbond substituents is 1. The molecule has 1 heterocycles. The van der Waals surface area contributed by atoms with Gasteiger partial charge in [0, 0.05) is 7.05 Å². The Balaban J connectivity index is 2.11. The summed E-state index contributed by atoms with van der Waals surface area (Å²) in [5, 5.41) is 17.0. The Morgan fingerprint density at radius 3 is 2.80 bits per heavy atom. The van der Waals surface area contributed by atoms with Crippen molar-refractivity contribution in [2.75, 3.05) is 0 Å². The number of aromatic hydroxyl groups is 1. The number of nitrogens with one attached hydrogen (secondary N) is 1. The van der Waals surface area contributed by atoms with E-state index in [0.717, 1.165) is 4.68 Å². The van der Waals surface area contributed by atoms with E-state index in [2.05, 4.69) is 15.6 Å². The molecule has 20 heavy (non-hydrogen) atoms. The largest absolute Gasteiger partial charge is 0.507 e. The van der Waals surface area contributed by atoms with Crippen LogP contribution in [0.3, 0.4) is 0 Å². The van der Waals surface area contributed by atoms with Crippen molar-refractivity contribution in [2.24, 2.45) is 12.1 Å². The zero-order valence-electron chi connectivity index (χ0n) is 11.0. The van der Waals surface area contributed by atoms with Crippen molar-refractivity contribution in [3.8, 4) is 5.75 Å². The summed E-state index contributed by atoms with van der Waals surface area (Å²) in [6, 6.07) is 6.06. The lowest BCUT2D eigenvalue weighted by Crippen LogP contribution is -2.17. The number of nitrogens with zero attached hydrogens (tertiary/aromatic N) is 3. The number of hydrogen-bond donors (Lipinski definition) is 2. The maximum absolute atomic E-state index is 13.6. The van der Waals surface area contributed by atoms with Gasteiger partial charge in [0.1, 0.15) is 5.75 Å². The number of benzene rings is 1. The molecule has 7 heteroatoms. The van der Waals surface area contributed by atoms with Crippen LogP contribution in [-0.2, 0) is 7.05 Å². The molecule has 1 aromatic heterocycles. The summed E-state index contributed by atoms with van der Waals surface area (Å²) in [5.74, 6) is -1.27. The van der Waals surface area contributed by atoms with Crippen molar-refractivity contribution in [3.63, 3.8) is 0 Å². The maximum atomic E-state index is 13.6. The Morgan fingerprint density at radius 1 is 1.50 bits per heavy atom. The minimum atomic E-state index is -0.582. The van der Waals surface area contributed by atoms with E-state index in [4.69, 9.17) is 0 Å². The van der Waals surface area contributed by atoms with Gasteiger partial charge in [-0.1, -0.05) is 12.1 Å². The fourth-order valence-electron chi connectivity index (χ4n) is 1.67. The van der Waals surface area contributed by atoms with Gasteiger partial charge in [-0.05, 0) is 19.1 Å². The van der Waals surface area contributed by atoms with Gasteiger partial charge in [-0.3, -0.25) is 4.79 Å². The summed E-state index contributed by atoms with van der Waals surface area (Å²) < 4.78 is 14.7. The van der Waals surface area contributed by atoms with Crippen LogP contribution in [0.1, 0.15) is 21.6 Å². The van der Waals surface area contributed by atoms with Crippen molar-refractivity contribution < 1.29 is 14.3 Å². The van der Waals surface area contributed by atoms with Crippen LogP contribution in [0.4, 0.5) is 4.39 Å². The molecule has 104 valence electrons. The highest BCUT2D eigenvalue weighted by Gasteiger charge is 2.11. The minimum absolute atomic E-state index is 0.0908. The zero-order chi connectivity index (χ0) is 14.7. The standard InChI is InChI=1S/C13H13FN4O2/c1-8-10(12(14)18(2)17-8)7-15-16-13(20)9-5-3-4-6-11(9)19/h3-7,19H,1-2H3,(H,16,20)/b15-7-. The monoisotopic (exact) mass is 276 g/mol. The van der Waals surface area contributed by atoms with Crippen LogP contribution in [0.2, 0.25) is 0 Å². The molecule has 0 saturated carbocycles. The smallest absolute Gasteiger partial charge is 0.275 e. The Morgan fingerprint density at radius 2 is 2.20 bits per heavy atom. The SMILES string of the molecule is Cc1nn(C)c(F)c1/C=N\NC(=O)c1ccccc1O. The first-order chi connectivity index (χ1) is 9.50. The van der Waals surface area contributed by atoms with Crippen molar-refractivity contribution in [2.45, 2.75) is 6.92 Å². The maximum Gasteiger partial charge on any atom is 0.275 e. The van der Waals surface area contributed by atoms with Crippen molar-refractivity contribution in [3.05, 3.63) is 47.0 Å². The molecular formula is C13H13FN4O2. The highest BCUT2D eigenvalue weighted by molar-refractivity contribution is 5.97. The Hall–Kier alpha value is -2.70. The minimum Gasteiger partial charge on any atom is -0.507 e. The highest BCUT2D eigenvalue weighted by atomic mass is 19.1. The molecule has 0 aliphatic rings. The van der Waals surface area contributed by atoms with Gasteiger partial charge < -0.3 is 5.11 Å². The number of hydrogen-bond acceptors (Lipinski definition) is 4. The van der Waals surface area contributed by atoms with Gasteiger partial charge in [0.2, 0.25) is 5.95 Å². The molecule has 0 unspecified atom stereocenters. The zero-order valence-corrected chi connectivity index (χ0v) is 11.0. The molecular weight excluding hydrogens is 263 g/mol. The molecule has 0 aliphatic carbocycles. The van der Waals surface area contributed by atoms with Gasteiger partial charge >= 0.3 is 0 Å². The summed E-state index contributed by atoms with van der Waals surface area (Å²) in [6.45, 7) is 1.63. The molecule has 0 atom stereocenters. The molecule has 0 spiro atoms. The summed E-state index contributed by atoms with van der Waals surface area (Å²) >= 11 is 0. The highest BCUT2D eigenvalue weighted by Crippen LogP contribution is 2.15. The van der Waals surface area contributed by atoms with Crippen LogP contribution < -0.4 is 5.43 Å². The van der Waals surface area contributed by atoms with Gasteiger partial charge in [0.25, 0.3) is 5.91 Å². The van der Waals surface area contributed by atoms with Crippen LogP contribution in [0, 0.1) is 12.9 Å². The third-order valence-corrected chi connectivity index (χ3v) is 2.70. The molecule has 2 N–H and O–H groups in total. The number of hydrazone groups is 1. The van der Waals surface area contributed by atoms with Crippen LogP contribution in [-0.4, -0.2) is 27.0 Å².